The Bertz CT molecular complexity index is 568. The Morgan fingerprint density at radius 1 is 1.40 bits per heavy atom. The molecule has 0 amide bonds. The first-order valence-electron chi connectivity index (χ1n) is 7.10. The fraction of sp³-hybridized carbons (Fsp3) is 0.600. The van der Waals surface area contributed by atoms with Crippen molar-refractivity contribution in [3.05, 3.63) is 29.8 Å². The molecule has 1 aromatic carbocycles. The first-order valence-corrected chi connectivity index (χ1v) is 8.54. The van der Waals surface area contributed by atoms with Crippen LogP contribution in [0, 0.1) is 5.92 Å². The van der Waals surface area contributed by atoms with Gasteiger partial charge in [0, 0.05) is 6.54 Å². The third kappa shape index (κ3) is 2.75. The summed E-state index contributed by atoms with van der Waals surface area (Å²) in [5, 5.41) is 9.45. The number of sulfonamides is 1. The predicted molar refractivity (Wildman–Crippen MR) is 79.1 cm³/mol. The third-order valence-corrected chi connectivity index (χ3v) is 6.07. The van der Waals surface area contributed by atoms with Crippen LogP contribution in [0.25, 0.3) is 0 Å². The first kappa shape index (κ1) is 15.5. The first-order chi connectivity index (χ1) is 9.37. The summed E-state index contributed by atoms with van der Waals surface area (Å²) in [5.74, 6) is 0.486. The fourth-order valence-electron chi connectivity index (χ4n) is 2.71. The van der Waals surface area contributed by atoms with Crippen molar-refractivity contribution in [2.24, 2.45) is 5.92 Å². The molecule has 0 saturated carbocycles. The van der Waals surface area contributed by atoms with Crippen molar-refractivity contribution >= 4 is 10.0 Å². The summed E-state index contributed by atoms with van der Waals surface area (Å²) in [6.45, 7) is 6.44. The number of hydrogen-bond donors (Lipinski definition) is 1. The maximum Gasteiger partial charge on any atom is 0.243 e. The minimum atomic E-state index is -3.52. The standard InChI is InChI=1S/C15H23NO3S/c1-11(2)13-5-4-6-14(9-13)20(18,19)16-8-7-12(3)15(16)10-17/h4-6,9,11-12,15,17H,7-8,10H2,1-3H3. The van der Waals surface area contributed by atoms with E-state index in [0.29, 0.717) is 11.4 Å². The molecule has 2 rings (SSSR count). The molecule has 1 aromatic rings. The molecule has 2 atom stereocenters. The number of rotatable bonds is 4. The molecule has 1 heterocycles. The van der Waals surface area contributed by atoms with Gasteiger partial charge in [0.05, 0.1) is 17.5 Å². The van der Waals surface area contributed by atoms with Gasteiger partial charge in [0.25, 0.3) is 0 Å². The molecule has 0 bridgehead atoms. The smallest absolute Gasteiger partial charge is 0.243 e. The van der Waals surface area contributed by atoms with E-state index in [0.717, 1.165) is 12.0 Å². The van der Waals surface area contributed by atoms with Crippen LogP contribution in [0.15, 0.2) is 29.2 Å². The summed E-state index contributed by atoms with van der Waals surface area (Å²) >= 11 is 0. The van der Waals surface area contributed by atoms with Gasteiger partial charge < -0.3 is 5.11 Å². The molecule has 1 N–H and O–H groups in total. The number of benzene rings is 1. The van der Waals surface area contributed by atoms with Gasteiger partial charge in [-0.25, -0.2) is 8.42 Å². The van der Waals surface area contributed by atoms with Crippen molar-refractivity contribution < 1.29 is 13.5 Å². The summed E-state index contributed by atoms with van der Waals surface area (Å²) in [6.07, 6.45) is 0.800. The second kappa shape index (κ2) is 5.84. The van der Waals surface area contributed by atoms with E-state index >= 15 is 0 Å². The van der Waals surface area contributed by atoms with Crippen LogP contribution in [0.3, 0.4) is 0 Å². The lowest BCUT2D eigenvalue weighted by Crippen LogP contribution is -2.39. The molecule has 5 heteroatoms. The summed E-state index contributed by atoms with van der Waals surface area (Å²) in [4.78, 5) is 0.330. The predicted octanol–water partition coefficient (Wildman–Crippen LogP) is 2.20. The Hall–Kier alpha value is -0.910. The van der Waals surface area contributed by atoms with Crippen molar-refractivity contribution in [1.29, 1.82) is 0 Å². The van der Waals surface area contributed by atoms with Crippen molar-refractivity contribution in [2.45, 2.75) is 44.0 Å². The minimum Gasteiger partial charge on any atom is -0.395 e. The lowest BCUT2D eigenvalue weighted by Gasteiger charge is -2.25. The molecule has 1 aliphatic rings. The molecule has 2 unspecified atom stereocenters. The Balaban J connectivity index is 2.38. The molecule has 112 valence electrons. The van der Waals surface area contributed by atoms with E-state index in [9.17, 15) is 13.5 Å². The topological polar surface area (TPSA) is 57.6 Å². The van der Waals surface area contributed by atoms with E-state index in [1.54, 1.807) is 18.2 Å². The van der Waals surface area contributed by atoms with E-state index in [4.69, 9.17) is 0 Å². The fourth-order valence-corrected chi connectivity index (χ4v) is 4.49. The van der Waals surface area contributed by atoms with Crippen LogP contribution in [0.5, 0.6) is 0 Å². The Morgan fingerprint density at radius 3 is 2.70 bits per heavy atom. The van der Waals surface area contributed by atoms with E-state index < -0.39 is 10.0 Å². The summed E-state index contributed by atoms with van der Waals surface area (Å²) < 4.78 is 26.9. The zero-order chi connectivity index (χ0) is 14.9. The minimum absolute atomic E-state index is 0.121. The zero-order valence-corrected chi connectivity index (χ0v) is 13.1. The van der Waals surface area contributed by atoms with Gasteiger partial charge in [-0.3, -0.25) is 0 Å². The van der Waals surface area contributed by atoms with Gasteiger partial charge in [-0.2, -0.15) is 4.31 Å². The molecular weight excluding hydrogens is 274 g/mol. The Labute approximate surface area is 121 Å². The molecule has 0 spiro atoms. The molecule has 1 aliphatic heterocycles. The van der Waals surface area contributed by atoms with E-state index in [-0.39, 0.29) is 24.5 Å². The molecule has 0 aliphatic carbocycles. The van der Waals surface area contributed by atoms with Crippen LogP contribution in [0.2, 0.25) is 0 Å². The second-order valence-corrected chi connectivity index (χ2v) is 7.75. The van der Waals surface area contributed by atoms with Crippen LogP contribution >= 0.6 is 0 Å². The monoisotopic (exact) mass is 297 g/mol. The largest absolute Gasteiger partial charge is 0.395 e. The lowest BCUT2D eigenvalue weighted by atomic mass is 10.0. The number of aliphatic hydroxyl groups excluding tert-OH is 1. The summed E-state index contributed by atoms with van der Waals surface area (Å²) in [7, 11) is -3.52. The maximum atomic E-state index is 12.7. The van der Waals surface area contributed by atoms with Gasteiger partial charge in [0.15, 0.2) is 0 Å². The quantitative estimate of drug-likeness (QED) is 0.927. The van der Waals surface area contributed by atoms with Gasteiger partial charge >= 0.3 is 0 Å². The molecule has 0 radical (unpaired) electrons. The summed E-state index contributed by atoms with van der Waals surface area (Å²) in [5.41, 5.74) is 1.01. The molecule has 1 fully saturated rings. The van der Waals surface area contributed by atoms with Gasteiger partial charge in [-0.15, -0.1) is 0 Å². The number of aliphatic hydroxyl groups is 1. The van der Waals surface area contributed by atoms with Crippen LogP contribution in [0.1, 0.15) is 38.7 Å². The van der Waals surface area contributed by atoms with Gasteiger partial charge in [-0.1, -0.05) is 32.9 Å². The summed E-state index contributed by atoms with van der Waals surface area (Å²) in [6, 6.07) is 6.81. The van der Waals surface area contributed by atoms with Crippen LogP contribution in [0.4, 0.5) is 0 Å². The van der Waals surface area contributed by atoms with Crippen molar-refractivity contribution in [3.63, 3.8) is 0 Å². The average Bonchev–Trinajstić information content (AvgIpc) is 2.80. The highest BCUT2D eigenvalue weighted by molar-refractivity contribution is 7.89. The van der Waals surface area contributed by atoms with Crippen molar-refractivity contribution in [1.82, 2.24) is 4.31 Å². The maximum absolute atomic E-state index is 12.7. The van der Waals surface area contributed by atoms with E-state index in [1.807, 2.05) is 26.8 Å². The van der Waals surface area contributed by atoms with Crippen LogP contribution in [-0.4, -0.2) is 37.0 Å². The van der Waals surface area contributed by atoms with E-state index in [2.05, 4.69) is 0 Å². The lowest BCUT2D eigenvalue weighted by molar-refractivity contribution is 0.191. The molecule has 4 nitrogen and oxygen atoms in total. The van der Waals surface area contributed by atoms with Crippen molar-refractivity contribution in [2.75, 3.05) is 13.2 Å². The number of hydrogen-bond acceptors (Lipinski definition) is 3. The van der Waals surface area contributed by atoms with E-state index in [1.165, 1.54) is 4.31 Å². The normalized spacial score (nSPS) is 24.4. The van der Waals surface area contributed by atoms with Crippen LogP contribution in [-0.2, 0) is 10.0 Å². The van der Waals surface area contributed by atoms with Gasteiger partial charge in [0.1, 0.15) is 0 Å². The average molecular weight is 297 g/mol. The van der Waals surface area contributed by atoms with Gasteiger partial charge in [0.2, 0.25) is 10.0 Å². The number of nitrogens with zero attached hydrogens (tertiary/aromatic N) is 1. The highest BCUT2D eigenvalue weighted by Gasteiger charge is 2.39. The molecule has 20 heavy (non-hydrogen) atoms. The highest BCUT2D eigenvalue weighted by Crippen LogP contribution is 2.30. The Kier molecular flexibility index (Phi) is 4.52. The second-order valence-electron chi connectivity index (χ2n) is 5.86. The molecule has 1 saturated heterocycles. The van der Waals surface area contributed by atoms with Crippen LogP contribution < -0.4 is 0 Å². The third-order valence-electron chi connectivity index (χ3n) is 4.15. The van der Waals surface area contributed by atoms with Crippen molar-refractivity contribution in [3.8, 4) is 0 Å². The molecule has 0 aromatic heterocycles. The zero-order valence-electron chi connectivity index (χ0n) is 12.3. The molecular formula is C15H23NO3S. The highest BCUT2D eigenvalue weighted by atomic mass is 32.2. The Morgan fingerprint density at radius 2 is 2.10 bits per heavy atom. The van der Waals surface area contributed by atoms with Gasteiger partial charge in [-0.05, 0) is 36.0 Å². The SMILES string of the molecule is CC(C)c1cccc(S(=O)(=O)N2CCC(C)C2CO)c1.